The Hall–Kier alpha value is -1.42. The molecule has 0 bridgehead atoms. The highest BCUT2D eigenvalue weighted by molar-refractivity contribution is 7.89. The fraction of sp³-hybridized carbons (Fsp3) is 0.600. The highest BCUT2D eigenvalue weighted by Gasteiger charge is 2.51. The van der Waals surface area contributed by atoms with Crippen molar-refractivity contribution in [2.45, 2.75) is 89.6 Å². The Balaban J connectivity index is 1.76. The van der Waals surface area contributed by atoms with E-state index in [4.69, 9.17) is 18.6 Å². The highest BCUT2D eigenvalue weighted by Crippen LogP contribution is 2.37. The SMILES string of the molecule is Cc1ccc(S(=O)(=O)N(C/C=C/B2OC(C)(C)C(C)(C)O2)C/C=C/B2OC(C)(C)C(C)(C)O2)cc1. The third kappa shape index (κ3) is 6.12. The van der Waals surface area contributed by atoms with Gasteiger partial charge in [-0.2, -0.15) is 4.31 Å². The van der Waals surface area contributed by atoms with Crippen LogP contribution in [0.3, 0.4) is 0 Å². The quantitative estimate of drug-likeness (QED) is 0.491. The number of nitrogens with zero attached hydrogens (tertiary/aromatic N) is 1. The van der Waals surface area contributed by atoms with E-state index >= 15 is 0 Å². The molecule has 3 rings (SSSR count). The van der Waals surface area contributed by atoms with Gasteiger partial charge in [0, 0.05) is 13.1 Å². The van der Waals surface area contributed by atoms with Crippen LogP contribution in [0.5, 0.6) is 0 Å². The normalized spacial score (nSPS) is 23.3. The molecule has 7 nitrogen and oxygen atoms in total. The van der Waals surface area contributed by atoms with Gasteiger partial charge < -0.3 is 18.6 Å². The predicted octanol–water partition coefficient (Wildman–Crippen LogP) is 4.36. The first kappa shape index (κ1) is 28.2. The Bertz CT molecular complexity index is 984. The number of rotatable bonds is 8. The van der Waals surface area contributed by atoms with E-state index in [0.29, 0.717) is 0 Å². The van der Waals surface area contributed by atoms with Gasteiger partial charge in [-0.25, -0.2) is 8.42 Å². The summed E-state index contributed by atoms with van der Waals surface area (Å²) in [5.41, 5.74) is -0.831. The molecule has 2 saturated heterocycles. The minimum atomic E-state index is -3.73. The number of hydrogen-bond donors (Lipinski definition) is 0. The van der Waals surface area contributed by atoms with Gasteiger partial charge in [-0.05, 0) is 74.4 Å². The summed E-state index contributed by atoms with van der Waals surface area (Å²) < 4.78 is 52.3. The van der Waals surface area contributed by atoms with Crippen molar-refractivity contribution in [1.29, 1.82) is 0 Å². The minimum absolute atomic E-state index is 0.161. The van der Waals surface area contributed by atoms with Crippen molar-refractivity contribution in [3.8, 4) is 0 Å². The first-order valence-corrected chi connectivity index (χ1v) is 13.5. The van der Waals surface area contributed by atoms with Crippen molar-refractivity contribution >= 4 is 24.3 Å². The average molecular weight is 503 g/mol. The molecule has 0 atom stereocenters. The van der Waals surface area contributed by atoms with E-state index in [1.54, 1.807) is 48.4 Å². The minimum Gasteiger partial charge on any atom is -0.400 e. The van der Waals surface area contributed by atoms with Crippen LogP contribution in [0.1, 0.15) is 61.0 Å². The van der Waals surface area contributed by atoms with Crippen LogP contribution in [0.25, 0.3) is 0 Å². The van der Waals surface area contributed by atoms with Crippen molar-refractivity contribution in [3.05, 3.63) is 53.9 Å². The maximum Gasteiger partial charge on any atom is 0.486 e. The van der Waals surface area contributed by atoms with Gasteiger partial charge in [0.25, 0.3) is 0 Å². The van der Waals surface area contributed by atoms with Gasteiger partial charge in [0.2, 0.25) is 10.0 Å². The fourth-order valence-electron chi connectivity index (χ4n) is 3.64. The summed E-state index contributed by atoms with van der Waals surface area (Å²) in [5.74, 6) is 3.54. The smallest absolute Gasteiger partial charge is 0.400 e. The fourth-order valence-corrected chi connectivity index (χ4v) is 4.99. The van der Waals surface area contributed by atoms with E-state index in [0.717, 1.165) is 5.56 Å². The zero-order chi connectivity index (χ0) is 26.3. The van der Waals surface area contributed by atoms with Gasteiger partial charge >= 0.3 is 14.2 Å². The Morgan fingerprint density at radius 1 is 0.714 bits per heavy atom. The van der Waals surface area contributed by atoms with Crippen molar-refractivity contribution < 1.29 is 27.0 Å². The van der Waals surface area contributed by atoms with E-state index in [-0.39, 0.29) is 18.0 Å². The maximum atomic E-state index is 13.4. The van der Waals surface area contributed by atoms with E-state index < -0.39 is 46.7 Å². The van der Waals surface area contributed by atoms with Crippen molar-refractivity contribution in [2.75, 3.05) is 13.1 Å². The van der Waals surface area contributed by atoms with Crippen molar-refractivity contribution in [2.24, 2.45) is 0 Å². The van der Waals surface area contributed by atoms with Gasteiger partial charge in [0.1, 0.15) is 0 Å². The molecule has 10 heteroatoms. The van der Waals surface area contributed by atoms with Gasteiger partial charge in [-0.3, -0.25) is 0 Å². The van der Waals surface area contributed by atoms with Crippen LogP contribution in [0.2, 0.25) is 0 Å². The topological polar surface area (TPSA) is 74.3 Å². The molecule has 192 valence electrons. The monoisotopic (exact) mass is 503 g/mol. The van der Waals surface area contributed by atoms with Gasteiger partial charge in [-0.1, -0.05) is 41.8 Å². The van der Waals surface area contributed by atoms with Gasteiger partial charge in [0.05, 0.1) is 27.3 Å². The Labute approximate surface area is 212 Å². The third-order valence-corrected chi connectivity index (χ3v) is 9.25. The van der Waals surface area contributed by atoms with Crippen molar-refractivity contribution in [1.82, 2.24) is 4.31 Å². The van der Waals surface area contributed by atoms with E-state index in [1.807, 2.05) is 62.3 Å². The number of benzene rings is 1. The Morgan fingerprint density at radius 2 is 1.06 bits per heavy atom. The van der Waals surface area contributed by atoms with Crippen LogP contribution in [0.4, 0.5) is 0 Å². The zero-order valence-corrected chi connectivity index (χ0v) is 23.3. The molecule has 0 aromatic heterocycles. The van der Waals surface area contributed by atoms with E-state index in [2.05, 4.69) is 0 Å². The van der Waals surface area contributed by atoms with Crippen LogP contribution in [-0.2, 0) is 28.6 Å². The van der Waals surface area contributed by atoms with Crippen LogP contribution < -0.4 is 0 Å². The Morgan fingerprint density at radius 3 is 1.40 bits per heavy atom. The lowest BCUT2D eigenvalue weighted by atomic mass is 9.90. The van der Waals surface area contributed by atoms with Crippen LogP contribution in [0.15, 0.2) is 53.3 Å². The average Bonchev–Trinajstić information content (AvgIpc) is 3.05. The third-order valence-electron chi connectivity index (χ3n) is 7.41. The second-order valence-electron chi connectivity index (χ2n) is 11.2. The number of aryl methyl sites for hydroxylation is 1. The summed E-state index contributed by atoms with van der Waals surface area (Å²) in [6.45, 7) is 18.1. The molecule has 1 aromatic carbocycles. The molecule has 0 amide bonds. The summed E-state index contributed by atoms with van der Waals surface area (Å²) in [4.78, 5) is 0.246. The summed E-state index contributed by atoms with van der Waals surface area (Å²) in [6.07, 6.45) is 3.55. The van der Waals surface area contributed by atoms with Crippen LogP contribution in [0, 0.1) is 6.92 Å². The number of hydrogen-bond acceptors (Lipinski definition) is 6. The molecule has 2 aliphatic rings. The van der Waals surface area contributed by atoms with E-state index in [9.17, 15) is 8.42 Å². The molecular weight excluding hydrogens is 464 g/mol. The lowest BCUT2D eigenvalue weighted by molar-refractivity contribution is 0.00578. The second kappa shape index (κ2) is 9.80. The molecule has 2 aliphatic heterocycles. The summed E-state index contributed by atoms with van der Waals surface area (Å²) in [5, 5.41) is 0. The molecule has 0 spiro atoms. The molecule has 0 unspecified atom stereocenters. The van der Waals surface area contributed by atoms with E-state index in [1.165, 1.54) is 4.31 Å². The van der Waals surface area contributed by atoms with Gasteiger partial charge in [-0.15, -0.1) is 0 Å². The largest absolute Gasteiger partial charge is 0.486 e. The summed E-state index contributed by atoms with van der Waals surface area (Å²) in [6, 6.07) is 6.86. The lowest BCUT2D eigenvalue weighted by Gasteiger charge is -2.32. The maximum absolute atomic E-state index is 13.4. The Kier molecular flexibility index (Phi) is 7.88. The molecule has 0 saturated carbocycles. The molecule has 1 aromatic rings. The number of sulfonamides is 1. The first-order chi connectivity index (χ1) is 16.0. The highest BCUT2D eigenvalue weighted by atomic mass is 32.2. The molecule has 2 heterocycles. The molecule has 35 heavy (non-hydrogen) atoms. The van der Waals surface area contributed by atoms with Crippen LogP contribution in [-0.4, -0.2) is 62.5 Å². The molecule has 0 N–H and O–H groups in total. The molecular formula is C25H39B2NO6S. The van der Waals surface area contributed by atoms with Gasteiger partial charge in [0.15, 0.2) is 0 Å². The van der Waals surface area contributed by atoms with Crippen LogP contribution >= 0.6 is 0 Å². The summed E-state index contributed by atoms with van der Waals surface area (Å²) in [7, 11) is -4.81. The second-order valence-corrected chi connectivity index (χ2v) is 13.2. The molecule has 0 aliphatic carbocycles. The lowest BCUT2D eigenvalue weighted by Crippen LogP contribution is -2.41. The summed E-state index contributed by atoms with van der Waals surface area (Å²) >= 11 is 0. The first-order valence-electron chi connectivity index (χ1n) is 12.1. The molecule has 0 radical (unpaired) electrons. The predicted molar refractivity (Wildman–Crippen MR) is 140 cm³/mol. The van der Waals surface area contributed by atoms with Crippen molar-refractivity contribution in [3.63, 3.8) is 0 Å². The molecule has 2 fully saturated rings. The zero-order valence-electron chi connectivity index (χ0n) is 22.5. The standard InChI is InChI=1S/C25H39B2NO6S/c1-20-12-14-21(15-13-20)35(29,30)28(18-10-16-26-31-22(2,3)23(4,5)32-26)19-11-17-27-33-24(6,7)25(8,9)34-27/h10-17H,18-19H2,1-9H3/b16-10+,17-11+.